The zero-order valence-electron chi connectivity index (χ0n) is 18.8. The first kappa shape index (κ1) is 21.2. The number of likely N-dealkylation sites (tertiary alicyclic amines) is 1. The van der Waals surface area contributed by atoms with Crippen molar-refractivity contribution in [1.29, 1.82) is 0 Å². The average Bonchev–Trinajstić information content (AvgIpc) is 3.31. The molecule has 8 heteroatoms. The first-order valence-corrected chi connectivity index (χ1v) is 13.4. The number of rotatable bonds is 4. The Bertz CT molecular complexity index is 1130. The molecule has 2 aliphatic rings. The van der Waals surface area contributed by atoms with E-state index in [-0.39, 0.29) is 11.8 Å². The lowest BCUT2D eigenvalue weighted by Crippen LogP contribution is -2.42. The summed E-state index contributed by atoms with van der Waals surface area (Å²) in [6, 6.07) is 0.337. The quantitative estimate of drug-likeness (QED) is 0.511. The number of piperidine rings is 1. The highest BCUT2D eigenvalue weighted by molar-refractivity contribution is 7.99. The van der Waals surface area contributed by atoms with Crippen molar-refractivity contribution >= 4 is 44.9 Å². The molecule has 1 saturated heterocycles. The lowest BCUT2D eigenvalue weighted by molar-refractivity contribution is -0.131. The number of thioether (sulfide) groups is 1. The monoisotopic (exact) mass is 457 g/mol. The van der Waals surface area contributed by atoms with Crippen molar-refractivity contribution in [2.45, 2.75) is 83.3 Å². The largest absolute Gasteiger partial charge is 0.339 e. The fourth-order valence-electron chi connectivity index (χ4n) is 5.00. The average molecular weight is 458 g/mol. The number of hydrogen-bond acceptors (Lipinski definition) is 6. The Labute approximate surface area is 191 Å². The van der Waals surface area contributed by atoms with Crippen LogP contribution >= 0.6 is 23.1 Å². The van der Waals surface area contributed by atoms with E-state index in [2.05, 4.69) is 42.3 Å². The topological polar surface area (TPSA) is 63.4 Å². The van der Waals surface area contributed by atoms with E-state index < -0.39 is 0 Å². The summed E-state index contributed by atoms with van der Waals surface area (Å²) >= 11 is 3.34. The molecule has 2 atom stereocenters. The molecule has 5 rings (SSSR count). The number of carbonyl (C=O) groups excluding carboxylic acids is 1. The third-order valence-electron chi connectivity index (χ3n) is 6.76. The molecule has 1 fully saturated rings. The van der Waals surface area contributed by atoms with Crippen LogP contribution in [0.3, 0.4) is 0 Å². The molecule has 0 radical (unpaired) electrons. The Morgan fingerprint density at radius 3 is 2.84 bits per heavy atom. The van der Waals surface area contributed by atoms with E-state index >= 15 is 0 Å². The summed E-state index contributed by atoms with van der Waals surface area (Å²) in [6.07, 6.45) is 6.88. The predicted octanol–water partition coefficient (Wildman–Crippen LogP) is 5.08. The fourth-order valence-corrected chi connectivity index (χ4v) is 7.21. The number of fused-ring (bicyclic) bond motifs is 5. The Kier molecular flexibility index (Phi) is 5.71. The fraction of sp³-hybridized carbons (Fsp3) is 0.652. The number of carbonyl (C=O) groups is 1. The van der Waals surface area contributed by atoms with Crippen LogP contribution in [0.4, 0.5) is 0 Å². The van der Waals surface area contributed by atoms with E-state index in [9.17, 15) is 4.79 Å². The van der Waals surface area contributed by atoms with E-state index in [0.29, 0.717) is 11.8 Å². The second-order valence-electron chi connectivity index (χ2n) is 9.52. The van der Waals surface area contributed by atoms with Gasteiger partial charge in [0.15, 0.2) is 10.8 Å². The number of aryl methyl sites for hydroxylation is 1. The zero-order valence-corrected chi connectivity index (χ0v) is 20.5. The van der Waals surface area contributed by atoms with Gasteiger partial charge < -0.3 is 4.90 Å². The standard InChI is InChI=1S/C23H31N5OS2/c1-13(2)20-24-22-19(16-9-8-14(3)11-17(16)31-22)21-25-26-23(28(20)21)30-12-18(29)27-10-6-5-7-15(27)4/h13-15H,5-12H2,1-4H3/t14-,15+/m1/s1. The molecule has 0 N–H and O–H groups in total. The molecule has 31 heavy (non-hydrogen) atoms. The van der Waals surface area contributed by atoms with E-state index in [0.717, 1.165) is 59.6 Å². The number of hydrogen-bond donors (Lipinski definition) is 0. The van der Waals surface area contributed by atoms with E-state index in [1.54, 1.807) is 0 Å². The van der Waals surface area contributed by atoms with Gasteiger partial charge in [-0.25, -0.2) is 4.98 Å². The SMILES string of the molecule is CC(C)c1nc2sc3c(c2c2nnc(SCC(=O)N4CCCC[C@@H]4C)n12)CC[C@@H](C)C3. The van der Waals surface area contributed by atoms with Crippen LogP contribution in [0, 0.1) is 5.92 Å². The maximum atomic E-state index is 12.9. The highest BCUT2D eigenvalue weighted by Gasteiger charge is 2.27. The van der Waals surface area contributed by atoms with Gasteiger partial charge in [0.05, 0.1) is 11.1 Å². The van der Waals surface area contributed by atoms with Crippen molar-refractivity contribution in [2.75, 3.05) is 12.3 Å². The molecular formula is C23H31N5OS2. The predicted molar refractivity (Wildman–Crippen MR) is 127 cm³/mol. The van der Waals surface area contributed by atoms with Crippen LogP contribution in [-0.4, -0.2) is 48.7 Å². The minimum absolute atomic E-state index is 0.205. The molecule has 0 aromatic carbocycles. The Morgan fingerprint density at radius 2 is 2.06 bits per heavy atom. The third kappa shape index (κ3) is 3.75. The maximum absolute atomic E-state index is 12.9. The van der Waals surface area contributed by atoms with Crippen LogP contribution in [0.15, 0.2) is 5.16 Å². The molecule has 166 valence electrons. The van der Waals surface area contributed by atoms with E-state index in [1.807, 2.05) is 16.2 Å². The van der Waals surface area contributed by atoms with Crippen LogP contribution in [0.25, 0.3) is 15.9 Å². The van der Waals surface area contributed by atoms with Gasteiger partial charge in [0.2, 0.25) is 5.91 Å². The van der Waals surface area contributed by atoms with Crippen LogP contribution in [0.2, 0.25) is 0 Å². The highest BCUT2D eigenvalue weighted by Crippen LogP contribution is 2.40. The van der Waals surface area contributed by atoms with Crippen molar-refractivity contribution in [2.24, 2.45) is 5.92 Å². The minimum atomic E-state index is 0.205. The molecule has 1 aliphatic heterocycles. The van der Waals surface area contributed by atoms with Gasteiger partial charge in [0, 0.05) is 23.4 Å². The molecule has 0 unspecified atom stereocenters. The molecule has 0 bridgehead atoms. The van der Waals surface area contributed by atoms with Gasteiger partial charge in [0.1, 0.15) is 10.7 Å². The molecule has 1 amide bonds. The second-order valence-corrected chi connectivity index (χ2v) is 11.5. The van der Waals surface area contributed by atoms with Crippen molar-refractivity contribution < 1.29 is 4.79 Å². The van der Waals surface area contributed by atoms with Crippen LogP contribution < -0.4 is 0 Å². The summed E-state index contributed by atoms with van der Waals surface area (Å²) in [5.41, 5.74) is 2.34. The van der Waals surface area contributed by atoms with Gasteiger partial charge in [-0.05, 0) is 56.9 Å². The molecular weight excluding hydrogens is 426 g/mol. The number of aromatic nitrogens is 4. The number of amides is 1. The zero-order chi connectivity index (χ0) is 21.7. The van der Waals surface area contributed by atoms with Gasteiger partial charge in [-0.2, -0.15) is 0 Å². The number of nitrogens with zero attached hydrogens (tertiary/aromatic N) is 5. The summed E-state index contributed by atoms with van der Waals surface area (Å²) in [6.45, 7) is 9.70. The normalized spacial score (nSPS) is 21.9. The van der Waals surface area contributed by atoms with Gasteiger partial charge in [-0.1, -0.05) is 32.5 Å². The minimum Gasteiger partial charge on any atom is -0.339 e. The van der Waals surface area contributed by atoms with Gasteiger partial charge in [0.25, 0.3) is 0 Å². The lowest BCUT2D eigenvalue weighted by atomic mass is 9.89. The molecule has 3 aromatic rings. The lowest BCUT2D eigenvalue weighted by Gasteiger charge is -2.33. The third-order valence-corrected chi connectivity index (χ3v) is 8.82. The van der Waals surface area contributed by atoms with E-state index in [1.165, 1.54) is 40.4 Å². The second kappa shape index (κ2) is 8.35. The molecule has 4 heterocycles. The van der Waals surface area contributed by atoms with Gasteiger partial charge in [-0.3, -0.25) is 9.20 Å². The summed E-state index contributed by atoms with van der Waals surface area (Å²) in [7, 11) is 0. The Morgan fingerprint density at radius 1 is 1.23 bits per heavy atom. The maximum Gasteiger partial charge on any atom is 0.233 e. The molecule has 1 aliphatic carbocycles. The molecule has 3 aromatic heterocycles. The van der Waals surface area contributed by atoms with Crippen molar-refractivity contribution in [1.82, 2.24) is 24.5 Å². The van der Waals surface area contributed by atoms with Crippen molar-refractivity contribution in [3.8, 4) is 0 Å². The van der Waals surface area contributed by atoms with Crippen LogP contribution in [0.5, 0.6) is 0 Å². The highest BCUT2D eigenvalue weighted by atomic mass is 32.2. The van der Waals surface area contributed by atoms with Crippen molar-refractivity contribution in [3.63, 3.8) is 0 Å². The van der Waals surface area contributed by atoms with E-state index in [4.69, 9.17) is 4.98 Å². The van der Waals surface area contributed by atoms with Gasteiger partial charge in [-0.15, -0.1) is 21.5 Å². The summed E-state index contributed by atoms with van der Waals surface area (Å²) in [4.78, 5) is 22.6. The molecule has 0 spiro atoms. The van der Waals surface area contributed by atoms with Gasteiger partial charge >= 0.3 is 0 Å². The smallest absolute Gasteiger partial charge is 0.233 e. The summed E-state index contributed by atoms with van der Waals surface area (Å²) < 4.78 is 2.12. The number of thiophene rings is 1. The molecule has 6 nitrogen and oxygen atoms in total. The van der Waals surface area contributed by atoms with Crippen LogP contribution in [0.1, 0.15) is 75.6 Å². The van der Waals surface area contributed by atoms with Crippen molar-refractivity contribution in [3.05, 3.63) is 16.3 Å². The molecule has 0 saturated carbocycles. The Hall–Kier alpha value is -1.67. The summed E-state index contributed by atoms with van der Waals surface area (Å²) in [5.74, 6) is 2.57. The summed E-state index contributed by atoms with van der Waals surface area (Å²) in [5, 5.41) is 11.1. The first-order valence-electron chi connectivity index (χ1n) is 11.6. The van der Waals surface area contributed by atoms with Crippen LogP contribution in [-0.2, 0) is 17.6 Å². The first-order chi connectivity index (χ1) is 14.9. The Balaban J connectivity index is 1.52.